The lowest BCUT2D eigenvalue weighted by Crippen LogP contribution is -2.47. The summed E-state index contributed by atoms with van der Waals surface area (Å²) in [5, 5.41) is 3.07. The number of aromatic nitrogens is 4. The zero-order valence-electron chi connectivity index (χ0n) is 20.5. The van der Waals surface area contributed by atoms with Crippen molar-refractivity contribution in [1.82, 2.24) is 28.7 Å². The smallest absolute Gasteiger partial charge is 0.243 e. The van der Waals surface area contributed by atoms with E-state index in [4.69, 9.17) is 0 Å². The zero-order chi connectivity index (χ0) is 24.6. The molecule has 35 heavy (non-hydrogen) atoms. The predicted molar refractivity (Wildman–Crippen MR) is 136 cm³/mol. The van der Waals surface area contributed by atoms with E-state index in [1.807, 2.05) is 32.4 Å². The quantitative estimate of drug-likeness (QED) is 0.525. The van der Waals surface area contributed by atoms with Crippen LogP contribution in [0.2, 0.25) is 0 Å². The second-order valence-electron chi connectivity index (χ2n) is 8.86. The van der Waals surface area contributed by atoms with Gasteiger partial charge in [0.2, 0.25) is 16.0 Å². The molecule has 1 N–H and O–H groups in total. The van der Waals surface area contributed by atoms with Crippen LogP contribution in [0, 0.1) is 19.7 Å². The number of rotatable bonds is 6. The van der Waals surface area contributed by atoms with Crippen LogP contribution in [-0.4, -0.2) is 70.4 Å². The summed E-state index contributed by atoms with van der Waals surface area (Å²) >= 11 is 0. The van der Waals surface area contributed by atoms with Crippen LogP contribution in [0.5, 0.6) is 0 Å². The first kappa shape index (κ1) is 27.0. The fourth-order valence-corrected chi connectivity index (χ4v) is 5.83. The Hall–Kier alpha value is -2.60. The summed E-state index contributed by atoms with van der Waals surface area (Å²) in [6, 6.07) is 5.08. The van der Waals surface area contributed by atoms with Crippen molar-refractivity contribution in [1.29, 1.82) is 0 Å². The molecule has 3 heterocycles. The third-order valence-corrected chi connectivity index (χ3v) is 8.05. The normalized spacial score (nSPS) is 15.3. The number of benzene rings is 1. The third kappa shape index (κ3) is 5.48. The van der Waals surface area contributed by atoms with E-state index in [9.17, 15) is 12.8 Å². The summed E-state index contributed by atoms with van der Waals surface area (Å²) in [5.41, 5.74) is 1.94. The first-order chi connectivity index (χ1) is 16.1. The molecule has 0 amide bonds. The highest BCUT2D eigenvalue weighted by Gasteiger charge is 2.28. The highest BCUT2D eigenvalue weighted by Crippen LogP contribution is 2.28. The molecule has 1 fully saturated rings. The van der Waals surface area contributed by atoms with E-state index in [0.717, 1.165) is 12.0 Å². The van der Waals surface area contributed by atoms with Crippen LogP contribution in [-0.2, 0) is 10.0 Å². The first-order valence-electron chi connectivity index (χ1n) is 11.2. The summed E-state index contributed by atoms with van der Waals surface area (Å²) in [6.45, 7) is 9.97. The molecular formula is C23H31ClFN7O2S. The molecule has 1 aliphatic heterocycles. The summed E-state index contributed by atoms with van der Waals surface area (Å²) in [6.07, 6.45) is 2.73. The SMILES string of the molecule is Cc1cc(Nc2ncc(F)c(-c3cnc(C)n3C(C)C)n2)ccc1S(=O)(=O)N1CCN(C)CC1.Cl. The molecule has 4 rings (SSSR count). The summed E-state index contributed by atoms with van der Waals surface area (Å²) in [7, 11) is -1.59. The highest BCUT2D eigenvalue weighted by atomic mass is 35.5. The number of halogens is 2. The molecule has 2 aromatic heterocycles. The largest absolute Gasteiger partial charge is 0.324 e. The van der Waals surface area contributed by atoms with Crippen molar-refractivity contribution in [2.75, 3.05) is 38.5 Å². The molecule has 0 unspecified atom stereocenters. The van der Waals surface area contributed by atoms with E-state index < -0.39 is 15.8 Å². The predicted octanol–water partition coefficient (Wildman–Crippen LogP) is 3.78. The van der Waals surface area contributed by atoms with Crippen LogP contribution < -0.4 is 5.32 Å². The zero-order valence-corrected chi connectivity index (χ0v) is 22.1. The molecule has 12 heteroatoms. The maximum absolute atomic E-state index is 14.6. The van der Waals surface area contributed by atoms with E-state index in [0.29, 0.717) is 43.1 Å². The van der Waals surface area contributed by atoms with E-state index in [1.54, 1.807) is 31.3 Å². The molecule has 1 aliphatic rings. The molecule has 1 aromatic carbocycles. The van der Waals surface area contributed by atoms with Gasteiger partial charge in [-0.05, 0) is 58.5 Å². The average molecular weight is 524 g/mol. The highest BCUT2D eigenvalue weighted by molar-refractivity contribution is 7.89. The van der Waals surface area contributed by atoms with Crippen LogP contribution in [0.15, 0.2) is 35.5 Å². The fraction of sp³-hybridized carbons (Fsp3) is 0.435. The van der Waals surface area contributed by atoms with Gasteiger partial charge >= 0.3 is 0 Å². The molecule has 0 spiro atoms. The number of likely N-dealkylation sites (N-methyl/N-ethyl adjacent to an activating group) is 1. The maximum Gasteiger partial charge on any atom is 0.243 e. The van der Waals surface area contributed by atoms with Crippen LogP contribution >= 0.6 is 12.4 Å². The molecule has 0 aliphatic carbocycles. The van der Waals surface area contributed by atoms with E-state index in [2.05, 4.69) is 25.2 Å². The summed E-state index contributed by atoms with van der Waals surface area (Å²) in [4.78, 5) is 15.1. The van der Waals surface area contributed by atoms with Crippen molar-refractivity contribution in [2.24, 2.45) is 0 Å². The van der Waals surface area contributed by atoms with Crippen LogP contribution in [0.4, 0.5) is 16.0 Å². The number of aryl methyl sites for hydroxylation is 2. The Kier molecular flexibility index (Phi) is 8.15. The van der Waals surface area contributed by atoms with Crippen LogP contribution in [0.25, 0.3) is 11.4 Å². The lowest BCUT2D eigenvalue weighted by molar-refractivity contribution is 0.222. The van der Waals surface area contributed by atoms with Gasteiger partial charge in [-0.15, -0.1) is 12.4 Å². The van der Waals surface area contributed by atoms with Gasteiger partial charge in [0.25, 0.3) is 0 Å². The Morgan fingerprint density at radius 1 is 1.06 bits per heavy atom. The van der Waals surface area contributed by atoms with Crippen molar-refractivity contribution in [3.8, 4) is 11.4 Å². The molecule has 0 radical (unpaired) electrons. The Morgan fingerprint density at radius 3 is 2.37 bits per heavy atom. The van der Waals surface area contributed by atoms with Crippen molar-refractivity contribution in [3.05, 3.63) is 47.8 Å². The van der Waals surface area contributed by atoms with E-state index in [-0.39, 0.29) is 35.0 Å². The Labute approximate surface area is 211 Å². The van der Waals surface area contributed by atoms with Gasteiger partial charge in [-0.1, -0.05) is 0 Å². The molecule has 9 nitrogen and oxygen atoms in total. The third-order valence-electron chi connectivity index (χ3n) is 6.00. The standard InChI is InChI=1S/C23H30FN7O2S.ClH/c1-15(2)31-17(4)25-14-20(31)22-19(24)13-26-23(28-22)27-18-6-7-21(16(3)12-18)34(32,33)30-10-8-29(5)9-11-30;/h6-7,12-15H,8-11H2,1-5H3,(H,26,27,28);1H. The number of nitrogens with zero attached hydrogens (tertiary/aromatic N) is 6. The van der Waals surface area contributed by atoms with Gasteiger partial charge in [0, 0.05) is 37.9 Å². The first-order valence-corrected chi connectivity index (χ1v) is 12.6. The van der Waals surface area contributed by atoms with Crippen molar-refractivity contribution < 1.29 is 12.8 Å². The minimum absolute atomic E-state index is 0. The summed E-state index contributed by atoms with van der Waals surface area (Å²) in [5.74, 6) is 0.432. The number of hydrogen-bond donors (Lipinski definition) is 1. The Morgan fingerprint density at radius 2 is 1.74 bits per heavy atom. The average Bonchev–Trinajstić information content (AvgIpc) is 3.16. The van der Waals surface area contributed by atoms with E-state index in [1.165, 1.54) is 4.31 Å². The van der Waals surface area contributed by atoms with Gasteiger partial charge in [0.05, 0.1) is 23.0 Å². The number of sulfonamides is 1. The lowest BCUT2D eigenvalue weighted by atomic mass is 10.2. The van der Waals surface area contributed by atoms with E-state index >= 15 is 0 Å². The monoisotopic (exact) mass is 523 g/mol. The minimum atomic E-state index is -3.58. The van der Waals surface area contributed by atoms with Gasteiger partial charge in [0.15, 0.2) is 5.82 Å². The van der Waals surface area contributed by atoms with Crippen LogP contribution in [0.1, 0.15) is 31.3 Å². The van der Waals surface area contributed by atoms with Crippen molar-refractivity contribution in [3.63, 3.8) is 0 Å². The Balaban J connectivity index is 0.00000342. The second-order valence-corrected chi connectivity index (χ2v) is 10.8. The lowest BCUT2D eigenvalue weighted by Gasteiger charge is -2.31. The summed E-state index contributed by atoms with van der Waals surface area (Å²) < 4.78 is 44.3. The molecule has 1 saturated heterocycles. The molecule has 0 bridgehead atoms. The Bertz CT molecular complexity index is 1310. The van der Waals surface area contributed by atoms with Crippen molar-refractivity contribution in [2.45, 2.75) is 38.6 Å². The number of anilines is 2. The number of imidazole rings is 1. The minimum Gasteiger partial charge on any atom is -0.324 e. The van der Waals surface area contributed by atoms with Gasteiger partial charge in [-0.25, -0.2) is 27.8 Å². The maximum atomic E-state index is 14.6. The molecular weight excluding hydrogens is 493 g/mol. The van der Waals surface area contributed by atoms with Gasteiger partial charge in [-0.2, -0.15) is 4.31 Å². The van der Waals surface area contributed by atoms with Gasteiger partial charge in [0.1, 0.15) is 11.5 Å². The molecule has 190 valence electrons. The van der Waals surface area contributed by atoms with Crippen molar-refractivity contribution >= 4 is 34.1 Å². The van der Waals surface area contributed by atoms with Gasteiger partial charge < -0.3 is 14.8 Å². The topological polar surface area (TPSA) is 96.2 Å². The fourth-order valence-electron chi connectivity index (χ4n) is 4.20. The number of piperazine rings is 1. The van der Waals surface area contributed by atoms with Crippen LogP contribution in [0.3, 0.4) is 0 Å². The molecule has 0 saturated carbocycles. The van der Waals surface area contributed by atoms with Gasteiger partial charge in [-0.3, -0.25) is 0 Å². The second kappa shape index (κ2) is 10.6. The number of hydrogen-bond acceptors (Lipinski definition) is 7. The number of nitrogens with one attached hydrogen (secondary N) is 1. The molecule has 0 atom stereocenters. The molecule has 3 aromatic rings.